The van der Waals surface area contributed by atoms with E-state index in [0.29, 0.717) is 25.1 Å². The molecule has 1 unspecified atom stereocenters. The highest BCUT2D eigenvalue weighted by Gasteiger charge is 2.36. The average Bonchev–Trinajstić information content (AvgIpc) is 3.10. The number of hydrogen-bond acceptors (Lipinski definition) is 3. The van der Waals surface area contributed by atoms with Crippen LogP contribution in [0.15, 0.2) is 0 Å². The van der Waals surface area contributed by atoms with Gasteiger partial charge in [-0.3, -0.25) is 4.79 Å². The summed E-state index contributed by atoms with van der Waals surface area (Å²) in [4.78, 5) is 14.3. The van der Waals surface area contributed by atoms with Crippen molar-refractivity contribution in [2.24, 2.45) is 5.92 Å². The minimum atomic E-state index is -0.256. The van der Waals surface area contributed by atoms with Crippen LogP contribution in [-0.4, -0.2) is 49.2 Å². The van der Waals surface area contributed by atoms with Gasteiger partial charge in [-0.25, -0.2) is 0 Å². The maximum atomic E-state index is 12.3. The van der Waals surface area contributed by atoms with Crippen molar-refractivity contribution in [3.05, 3.63) is 0 Å². The standard InChI is InChI=1S/C12H22N2O2.ClH/c1-9(2)8-14(10-3-4-10)12(15)11-7-13-5-6-16-11;/h9-11,13H,3-8H2,1-2H3;1H. The van der Waals surface area contributed by atoms with E-state index in [2.05, 4.69) is 19.2 Å². The molecule has 17 heavy (non-hydrogen) atoms. The summed E-state index contributed by atoms with van der Waals surface area (Å²) in [5.74, 6) is 0.712. The number of nitrogens with zero attached hydrogens (tertiary/aromatic N) is 1. The normalized spacial score (nSPS) is 24.3. The molecule has 5 heteroatoms. The number of nitrogens with one attached hydrogen (secondary N) is 1. The highest BCUT2D eigenvalue weighted by molar-refractivity contribution is 5.85. The van der Waals surface area contributed by atoms with Gasteiger partial charge in [0.25, 0.3) is 5.91 Å². The van der Waals surface area contributed by atoms with Crippen LogP contribution in [0.3, 0.4) is 0 Å². The third kappa shape index (κ3) is 4.12. The second-order valence-electron chi connectivity index (χ2n) is 5.18. The molecule has 1 heterocycles. The van der Waals surface area contributed by atoms with E-state index in [1.807, 2.05) is 4.90 Å². The van der Waals surface area contributed by atoms with E-state index < -0.39 is 0 Å². The lowest BCUT2D eigenvalue weighted by atomic mass is 10.1. The Hall–Kier alpha value is -0.320. The Balaban J connectivity index is 0.00000144. The first-order valence-electron chi connectivity index (χ1n) is 6.31. The lowest BCUT2D eigenvalue weighted by Crippen LogP contribution is -2.50. The molecule has 100 valence electrons. The molecule has 1 saturated heterocycles. The summed E-state index contributed by atoms with van der Waals surface area (Å²) in [5, 5.41) is 3.21. The Morgan fingerprint density at radius 1 is 1.47 bits per heavy atom. The zero-order valence-corrected chi connectivity index (χ0v) is 11.5. The Labute approximate surface area is 109 Å². The van der Waals surface area contributed by atoms with E-state index in [-0.39, 0.29) is 24.4 Å². The minimum absolute atomic E-state index is 0. The van der Waals surface area contributed by atoms with Gasteiger partial charge in [0.2, 0.25) is 0 Å². The van der Waals surface area contributed by atoms with Crippen molar-refractivity contribution in [3.63, 3.8) is 0 Å². The second-order valence-corrected chi connectivity index (χ2v) is 5.18. The number of ether oxygens (including phenoxy) is 1. The first-order valence-corrected chi connectivity index (χ1v) is 6.31. The highest BCUT2D eigenvalue weighted by Crippen LogP contribution is 2.28. The van der Waals surface area contributed by atoms with Crippen LogP contribution in [0.4, 0.5) is 0 Å². The predicted octanol–water partition coefficient (Wildman–Crippen LogP) is 1.04. The van der Waals surface area contributed by atoms with Gasteiger partial charge in [0, 0.05) is 25.7 Å². The number of morpholine rings is 1. The molecule has 2 fully saturated rings. The first kappa shape index (κ1) is 14.7. The van der Waals surface area contributed by atoms with Crippen LogP contribution >= 0.6 is 12.4 Å². The number of carbonyl (C=O) groups is 1. The van der Waals surface area contributed by atoms with Crippen LogP contribution in [0.5, 0.6) is 0 Å². The molecule has 0 bridgehead atoms. The molecule has 2 aliphatic rings. The van der Waals surface area contributed by atoms with Gasteiger partial charge < -0.3 is 15.0 Å². The number of carbonyl (C=O) groups excluding carboxylic acids is 1. The predicted molar refractivity (Wildman–Crippen MR) is 69.4 cm³/mol. The number of rotatable bonds is 4. The third-order valence-corrected chi connectivity index (χ3v) is 3.04. The molecule has 0 radical (unpaired) electrons. The van der Waals surface area contributed by atoms with Crippen molar-refractivity contribution in [1.82, 2.24) is 10.2 Å². The van der Waals surface area contributed by atoms with Crippen LogP contribution in [0.2, 0.25) is 0 Å². The van der Waals surface area contributed by atoms with Crippen LogP contribution in [0.1, 0.15) is 26.7 Å². The van der Waals surface area contributed by atoms with E-state index in [1.54, 1.807) is 0 Å². The molecule has 2 rings (SSSR count). The monoisotopic (exact) mass is 262 g/mol. The molecule has 4 nitrogen and oxygen atoms in total. The van der Waals surface area contributed by atoms with E-state index in [0.717, 1.165) is 13.1 Å². The molecule has 1 aliphatic heterocycles. The van der Waals surface area contributed by atoms with Crippen molar-refractivity contribution in [1.29, 1.82) is 0 Å². The lowest BCUT2D eigenvalue weighted by Gasteiger charge is -2.31. The molecule has 1 saturated carbocycles. The van der Waals surface area contributed by atoms with Crippen LogP contribution in [0.25, 0.3) is 0 Å². The SMILES string of the molecule is CC(C)CN(C(=O)C1CNCCO1)C1CC1.Cl. The quantitative estimate of drug-likeness (QED) is 0.823. The van der Waals surface area contributed by atoms with Crippen LogP contribution < -0.4 is 5.32 Å². The molecule has 0 aromatic carbocycles. The average molecular weight is 263 g/mol. The largest absolute Gasteiger partial charge is 0.366 e. The van der Waals surface area contributed by atoms with Gasteiger partial charge in [0.05, 0.1) is 6.61 Å². The van der Waals surface area contributed by atoms with Gasteiger partial charge in [-0.1, -0.05) is 13.8 Å². The number of hydrogen-bond donors (Lipinski definition) is 1. The van der Waals surface area contributed by atoms with Gasteiger partial charge in [-0.05, 0) is 18.8 Å². The molecule has 0 spiro atoms. The van der Waals surface area contributed by atoms with Crippen molar-refractivity contribution in [3.8, 4) is 0 Å². The molecule has 1 N–H and O–H groups in total. The zero-order valence-electron chi connectivity index (χ0n) is 10.6. The summed E-state index contributed by atoms with van der Waals surface area (Å²) in [6.07, 6.45) is 2.07. The Morgan fingerprint density at radius 2 is 2.18 bits per heavy atom. The van der Waals surface area contributed by atoms with E-state index >= 15 is 0 Å². The number of amides is 1. The Bertz CT molecular complexity index is 251. The van der Waals surface area contributed by atoms with Crippen LogP contribution in [0, 0.1) is 5.92 Å². The molecular weight excluding hydrogens is 240 g/mol. The summed E-state index contributed by atoms with van der Waals surface area (Å²) in [7, 11) is 0. The van der Waals surface area contributed by atoms with Gasteiger partial charge in [-0.2, -0.15) is 0 Å². The van der Waals surface area contributed by atoms with Gasteiger partial charge in [0.15, 0.2) is 0 Å². The molecule has 0 aromatic heterocycles. The Kier molecular flexibility index (Phi) is 5.70. The van der Waals surface area contributed by atoms with Crippen molar-refractivity contribution in [2.75, 3.05) is 26.2 Å². The molecular formula is C12H23ClN2O2. The van der Waals surface area contributed by atoms with Gasteiger partial charge in [-0.15, -0.1) is 12.4 Å². The summed E-state index contributed by atoms with van der Waals surface area (Å²) >= 11 is 0. The molecule has 1 aliphatic carbocycles. The Morgan fingerprint density at radius 3 is 2.65 bits per heavy atom. The smallest absolute Gasteiger partial charge is 0.253 e. The number of halogens is 1. The van der Waals surface area contributed by atoms with E-state index in [4.69, 9.17) is 4.74 Å². The molecule has 1 amide bonds. The summed E-state index contributed by atoms with van der Waals surface area (Å²) < 4.78 is 5.53. The maximum absolute atomic E-state index is 12.3. The summed E-state index contributed by atoms with van der Waals surface area (Å²) in [5.41, 5.74) is 0. The molecule has 1 atom stereocenters. The third-order valence-electron chi connectivity index (χ3n) is 3.04. The van der Waals surface area contributed by atoms with Crippen molar-refractivity contribution >= 4 is 18.3 Å². The fourth-order valence-corrected chi connectivity index (χ4v) is 2.11. The second kappa shape index (κ2) is 6.57. The van der Waals surface area contributed by atoms with Crippen molar-refractivity contribution < 1.29 is 9.53 Å². The minimum Gasteiger partial charge on any atom is -0.366 e. The fourth-order valence-electron chi connectivity index (χ4n) is 2.11. The van der Waals surface area contributed by atoms with Crippen LogP contribution in [-0.2, 0) is 9.53 Å². The van der Waals surface area contributed by atoms with Crippen molar-refractivity contribution in [2.45, 2.75) is 38.8 Å². The summed E-state index contributed by atoms with van der Waals surface area (Å²) in [6, 6.07) is 0.487. The summed E-state index contributed by atoms with van der Waals surface area (Å²) in [6.45, 7) is 7.35. The first-order chi connectivity index (χ1) is 7.68. The lowest BCUT2D eigenvalue weighted by molar-refractivity contribution is -0.146. The topological polar surface area (TPSA) is 41.6 Å². The van der Waals surface area contributed by atoms with Gasteiger partial charge in [0.1, 0.15) is 6.10 Å². The molecule has 0 aromatic rings. The maximum Gasteiger partial charge on any atom is 0.253 e. The van der Waals surface area contributed by atoms with E-state index in [1.165, 1.54) is 12.8 Å². The fraction of sp³-hybridized carbons (Fsp3) is 0.917. The van der Waals surface area contributed by atoms with Gasteiger partial charge >= 0.3 is 0 Å². The highest BCUT2D eigenvalue weighted by atomic mass is 35.5. The van der Waals surface area contributed by atoms with E-state index in [9.17, 15) is 4.79 Å². The zero-order chi connectivity index (χ0) is 11.5.